The number of unbranched alkanes of at least 4 members (excludes halogenated alkanes) is 2. The first-order valence-electron chi connectivity index (χ1n) is 6.48. The van der Waals surface area contributed by atoms with Gasteiger partial charge in [-0.3, -0.25) is 0 Å². The van der Waals surface area contributed by atoms with Gasteiger partial charge in [-0.25, -0.2) is 4.79 Å². The van der Waals surface area contributed by atoms with Gasteiger partial charge in [0.2, 0.25) is 5.75 Å². The van der Waals surface area contributed by atoms with Gasteiger partial charge in [-0.2, -0.15) is 0 Å². The van der Waals surface area contributed by atoms with E-state index in [4.69, 9.17) is 9.84 Å². The van der Waals surface area contributed by atoms with Crippen molar-refractivity contribution in [3.63, 3.8) is 0 Å². The third-order valence-electron chi connectivity index (χ3n) is 2.71. The highest BCUT2D eigenvalue weighted by atomic mass is 16.7. The van der Waals surface area contributed by atoms with Crippen molar-refractivity contribution >= 4 is 6.16 Å². The summed E-state index contributed by atoms with van der Waals surface area (Å²) in [6, 6.07) is 3.19. The molecule has 0 aliphatic rings. The van der Waals surface area contributed by atoms with Gasteiger partial charge in [-0.05, 0) is 31.4 Å². The van der Waals surface area contributed by atoms with Crippen LogP contribution >= 0.6 is 0 Å². The van der Waals surface area contributed by atoms with Crippen LogP contribution in [-0.2, 0) is 6.42 Å². The van der Waals surface area contributed by atoms with E-state index in [2.05, 4.69) is 11.7 Å². The Hall–Kier alpha value is -1.91. The minimum absolute atomic E-state index is 0.102. The fourth-order valence-corrected chi connectivity index (χ4v) is 1.84. The zero-order valence-electron chi connectivity index (χ0n) is 11.3. The van der Waals surface area contributed by atoms with Crippen LogP contribution in [0.25, 0.3) is 0 Å². The lowest BCUT2D eigenvalue weighted by Gasteiger charge is -2.14. The normalized spacial score (nSPS) is 10.2. The number of carbonyl (C=O) groups is 1. The molecule has 5 heteroatoms. The van der Waals surface area contributed by atoms with Gasteiger partial charge in [0, 0.05) is 0 Å². The molecule has 1 rings (SSSR count). The standard InChI is InChI=1S/C14H20O5/c1-3-5-6-7-10-8-9-11(19-14(16)17)12(15)13(10)18-4-2/h8-9,15H,3-7H2,1-2H3,(H,16,17). The highest BCUT2D eigenvalue weighted by molar-refractivity contribution is 5.65. The van der Waals surface area contributed by atoms with Crippen molar-refractivity contribution in [1.29, 1.82) is 0 Å². The van der Waals surface area contributed by atoms with Crippen molar-refractivity contribution in [2.75, 3.05) is 6.61 Å². The van der Waals surface area contributed by atoms with Crippen molar-refractivity contribution in [2.24, 2.45) is 0 Å². The first-order valence-corrected chi connectivity index (χ1v) is 6.48. The summed E-state index contributed by atoms with van der Waals surface area (Å²) in [5.41, 5.74) is 0.866. The molecule has 2 N–H and O–H groups in total. The molecule has 1 aromatic carbocycles. The molecule has 0 radical (unpaired) electrons. The molecule has 0 spiro atoms. The third-order valence-corrected chi connectivity index (χ3v) is 2.71. The predicted octanol–water partition coefficient (Wildman–Crippen LogP) is 3.58. The molecule has 106 valence electrons. The van der Waals surface area contributed by atoms with Crippen molar-refractivity contribution in [3.05, 3.63) is 17.7 Å². The van der Waals surface area contributed by atoms with E-state index in [0.29, 0.717) is 12.4 Å². The Morgan fingerprint density at radius 3 is 2.58 bits per heavy atom. The first kappa shape index (κ1) is 15.1. The van der Waals surface area contributed by atoms with Crippen LogP contribution in [0.2, 0.25) is 0 Å². The van der Waals surface area contributed by atoms with Gasteiger partial charge in [0.25, 0.3) is 0 Å². The number of benzene rings is 1. The molecule has 0 bridgehead atoms. The Labute approximate surface area is 112 Å². The average Bonchev–Trinajstić information content (AvgIpc) is 2.36. The molecule has 0 saturated carbocycles. The molecule has 0 saturated heterocycles. The van der Waals surface area contributed by atoms with Crippen molar-refractivity contribution < 1.29 is 24.5 Å². The number of aryl methyl sites for hydroxylation is 1. The number of hydrogen-bond acceptors (Lipinski definition) is 4. The third kappa shape index (κ3) is 4.35. The maximum Gasteiger partial charge on any atom is 0.511 e. The van der Waals surface area contributed by atoms with Gasteiger partial charge in [0.15, 0.2) is 11.5 Å². The van der Waals surface area contributed by atoms with Gasteiger partial charge >= 0.3 is 6.16 Å². The second-order valence-corrected chi connectivity index (χ2v) is 4.16. The number of ether oxygens (including phenoxy) is 2. The molecule has 0 aliphatic carbocycles. The van der Waals surface area contributed by atoms with Crippen LogP contribution in [-0.4, -0.2) is 23.0 Å². The summed E-state index contributed by atoms with van der Waals surface area (Å²) in [5, 5.41) is 18.6. The van der Waals surface area contributed by atoms with E-state index in [1.54, 1.807) is 13.0 Å². The van der Waals surface area contributed by atoms with Gasteiger partial charge < -0.3 is 19.7 Å². The minimum Gasteiger partial charge on any atom is -0.502 e. The fourth-order valence-electron chi connectivity index (χ4n) is 1.84. The summed E-state index contributed by atoms with van der Waals surface area (Å²) >= 11 is 0. The van der Waals surface area contributed by atoms with E-state index in [1.807, 2.05) is 0 Å². The topological polar surface area (TPSA) is 76.0 Å². The van der Waals surface area contributed by atoms with Gasteiger partial charge in [0.1, 0.15) is 0 Å². The van der Waals surface area contributed by atoms with E-state index in [-0.39, 0.29) is 11.5 Å². The predicted molar refractivity (Wildman–Crippen MR) is 71.2 cm³/mol. The molecular weight excluding hydrogens is 248 g/mol. The lowest BCUT2D eigenvalue weighted by molar-refractivity contribution is 0.142. The van der Waals surface area contributed by atoms with Crippen LogP contribution in [0, 0.1) is 0 Å². The summed E-state index contributed by atoms with van der Waals surface area (Å²) in [5.74, 6) is -0.0363. The van der Waals surface area contributed by atoms with Crippen LogP contribution in [0.15, 0.2) is 12.1 Å². The molecule has 0 amide bonds. The quantitative estimate of drug-likeness (QED) is 0.449. The fraction of sp³-hybridized carbons (Fsp3) is 0.500. The second kappa shape index (κ2) is 7.51. The van der Waals surface area contributed by atoms with Crippen LogP contribution in [0.5, 0.6) is 17.2 Å². The van der Waals surface area contributed by atoms with E-state index in [0.717, 1.165) is 31.2 Å². The largest absolute Gasteiger partial charge is 0.511 e. The number of phenols is 1. The van der Waals surface area contributed by atoms with Gasteiger partial charge in [-0.15, -0.1) is 0 Å². The summed E-state index contributed by atoms with van der Waals surface area (Å²) in [7, 11) is 0. The van der Waals surface area contributed by atoms with E-state index < -0.39 is 6.16 Å². The molecule has 0 aromatic heterocycles. The molecule has 19 heavy (non-hydrogen) atoms. The molecular formula is C14H20O5. The number of hydrogen-bond donors (Lipinski definition) is 2. The smallest absolute Gasteiger partial charge is 0.502 e. The highest BCUT2D eigenvalue weighted by Gasteiger charge is 2.16. The van der Waals surface area contributed by atoms with Gasteiger partial charge in [0.05, 0.1) is 6.61 Å². The summed E-state index contributed by atoms with van der Waals surface area (Å²) in [6.07, 6.45) is 2.52. The second-order valence-electron chi connectivity index (χ2n) is 4.16. The Balaban J connectivity index is 2.97. The molecule has 1 aromatic rings. The number of phenolic OH excluding ortho intramolecular Hbond substituents is 1. The van der Waals surface area contributed by atoms with Crippen LogP contribution in [0.4, 0.5) is 4.79 Å². The minimum atomic E-state index is -1.46. The zero-order chi connectivity index (χ0) is 14.3. The van der Waals surface area contributed by atoms with E-state index in [9.17, 15) is 9.90 Å². The van der Waals surface area contributed by atoms with Crippen LogP contribution in [0.3, 0.4) is 0 Å². The lowest BCUT2D eigenvalue weighted by atomic mass is 10.1. The van der Waals surface area contributed by atoms with Crippen molar-refractivity contribution in [2.45, 2.75) is 39.5 Å². The number of aromatic hydroxyl groups is 1. The molecule has 0 atom stereocenters. The Bertz CT molecular complexity index is 428. The van der Waals surface area contributed by atoms with E-state index >= 15 is 0 Å². The molecule has 0 aliphatic heterocycles. The first-order chi connectivity index (χ1) is 9.10. The Morgan fingerprint density at radius 2 is 2.00 bits per heavy atom. The Morgan fingerprint density at radius 1 is 1.26 bits per heavy atom. The molecule has 5 nitrogen and oxygen atoms in total. The van der Waals surface area contributed by atoms with Crippen molar-refractivity contribution in [1.82, 2.24) is 0 Å². The van der Waals surface area contributed by atoms with Crippen LogP contribution in [0.1, 0.15) is 38.7 Å². The SMILES string of the molecule is CCCCCc1ccc(OC(=O)O)c(O)c1OCC. The van der Waals surface area contributed by atoms with Gasteiger partial charge in [-0.1, -0.05) is 25.8 Å². The molecule has 0 heterocycles. The van der Waals surface area contributed by atoms with Crippen LogP contribution < -0.4 is 9.47 Å². The highest BCUT2D eigenvalue weighted by Crippen LogP contribution is 2.39. The summed E-state index contributed by atoms with van der Waals surface area (Å²) < 4.78 is 9.90. The summed E-state index contributed by atoms with van der Waals surface area (Å²) in [4.78, 5) is 10.5. The molecule has 0 fully saturated rings. The van der Waals surface area contributed by atoms with Crippen molar-refractivity contribution in [3.8, 4) is 17.2 Å². The number of rotatable bonds is 7. The maximum atomic E-state index is 10.5. The molecule has 0 unspecified atom stereocenters. The Kier molecular flexibility index (Phi) is 5.99. The van der Waals surface area contributed by atoms with E-state index in [1.165, 1.54) is 6.07 Å². The number of carboxylic acid groups (broad SMARTS) is 1. The maximum absolute atomic E-state index is 10.5. The zero-order valence-corrected chi connectivity index (χ0v) is 11.3. The lowest BCUT2D eigenvalue weighted by Crippen LogP contribution is -2.05. The monoisotopic (exact) mass is 268 g/mol. The average molecular weight is 268 g/mol. The summed E-state index contributed by atoms with van der Waals surface area (Å²) in [6.45, 7) is 4.32.